The Balaban J connectivity index is 0.000001000. The van der Waals surface area contributed by atoms with Gasteiger partial charge in [0.1, 0.15) is 0 Å². The predicted molar refractivity (Wildman–Crippen MR) is 43.4 cm³/mol. The third-order valence-corrected chi connectivity index (χ3v) is 2.22. The summed E-state index contributed by atoms with van der Waals surface area (Å²) in [6.45, 7) is 4.06. The van der Waals surface area contributed by atoms with Crippen LogP contribution in [0.15, 0.2) is 0 Å². The van der Waals surface area contributed by atoms with E-state index in [2.05, 4.69) is 5.32 Å². The average Bonchev–Trinajstić information content (AvgIpc) is 1.84. The molecule has 11 heavy (non-hydrogen) atoms. The first-order valence-corrected chi connectivity index (χ1v) is 3.63. The highest BCUT2D eigenvalue weighted by molar-refractivity contribution is 5.85. The van der Waals surface area contributed by atoms with Gasteiger partial charge in [0.05, 0.1) is 0 Å². The highest BCUT2D eigenvalue weighted by atomic mass is 35.5. The van der Waals surface area contributed by atoms with E-state index in [-0.39, 0.29) is 12.4 Å². The maximum atomic E-state index is 13.0. The zero-order valence-corrected chi connectivity index (χ0v) is 7.55. The minimum Gasteiger partial charge on any atom is -0.316 e. The lowest BCUT2D eigenvalue weighted by molar-refractivity contribution is -0.111. The Hall–Kier alpha value is 0.110. The monoisotopic (exact) mass is 185 g/mol. The third-order valence-electron chi connectivity index (χ3n) is 2.22. The summed E-state index contributed by atoms with van der Waals surface area (Å²) in [4.78, 5) is 0. The molecule has 0 aliphatic carbocycles. The lowest BCUT2D eigenvalue weighted by atomic mass is 9.89. The molecule has 1 heterocycles. The first-order chi connectivity index (χ1) is 4.55. The normalized spacial score (nSPS) is 36.0. The standard InChI is InChI=1S/C7H13F2N.ClH/c1-5-3-10-4-6(2)7(5,8)9;/h5-6,10H,3-4H2,1-2H3;1H/t5-,6+;. The number of hydrogen-bond acceptors (Lipinski definition) is 1. The summed E-state index contributed by atoms with van der Waals surface area (Å²) < 4.78 is 25.9. The maximum absolute atomic E-state index is 13.0. The van der Waals surface area contributed by atoms with Gasteiger partial charge in [-0.2, -0.15) is 0 Å². The van der Waals surface area contributed by atoms with Crippen molar-refractivity contribution >= 4 is 12.4 Å². The van der Waals surface area contributed by atoms with Crippen molar-refractivity contribution < 1.29 is 8.78 Å². The molecule has 0 saturated carbocycles. The highest BCUT2D eigenvalue weighted by Gasteiger charge is 2.44. The second-order valence-electron chi connectivity index (χ2n) is 3.13. The zero-order chi connectivity index (χ0) is 7.78. The van der Waals surface area contributed by atoms with E-state index >= 15 is 0 Å². The van der Waals surface area contributed by atoms with Gasteiger partial charge in [0, 0.05) is 24.9 Å². The summed E-state index contributed by atoms with van der Waals surface area (Å²) in [7, 11) is 0. The fourth-order valence-electron chi connectivity index (χ4n) is 1.27. The molecular weight excluding hydrogens is 172 g/mol. The molecule has 2 atom stereocenters. The van der Waals surface area contributed by atoms with Crippen molar-refractivity contribution in [2.45, 2.75) is 19.8 Å². The first-order valence-electron chi connectivity index (χ1n) is 3.63. The SMILES string of the molecule is C[C@@H]1CNC[C@H](C)C1(F)F.Cl. The van der Waals surface area contributed by atoms with Crippen LogP contribution in [0.1, 0.15) is 13.8 Å². The largest absolute Gasteiger partial charge is 0.316 e. The van der Waals surface area contributed by atoms with Crippen LogP contribution in [0.5, 0.6) is 0 Å². The summed E-state index contributed by atoms with van der Waals surface area (Å²) >= 11 is 0. The van der Waals surface area contributed by atoms with Gasteiger partial charge in [0.15, 0.2) is 0 Å². The molecule has 1 rings (SSSR count). The molecule has 0 amide bonds. The van der Waals surface area contributed by atoms with E-state index in [1.807, 2.05) is 0 Å². The van der Waals surface area contributed by atoms with Crippen LogP contribution in [0.25, 0.3) is 0 Å². The van der Waals surface area contributed by atoms with Crippen LogP contribution in [-0.4, -0.2) is 19.0 Å². The molecular formula is C7H14ClF2N. The molecule has 0 bridgehead atoms. The van der Waals surface area contributed by atoms with Crippen molar-refractivity contribution in [2.24, 2.45) is 11.8 Å². The molecule has 1 nitrogen and oxygen atoms in total. The number of hydrogen-bond donors (Lipinski definition) is 1. The van der Waals surface area contributed by atoms with E-state index in [1.165, 1.54) is 0 Å². The Morgan fingerprint density at radius 3 is 1.82 bits per heavy atom. The van der Waals surface area contributed by atoms with Crippen molar-refractivity contribution in [1.29, 1.82) is 0 Å². The second-order valence-corrected chi connectivity index (χ2v) is 3.13. The Morgan fingerprint density at radius 2 is 1.55 bits per heavy atom. The summed E-state index contributed by atoms with van der Waals surface area (Å²) in [6, 6.07) is 0. The summed E-state index contributed by atoms with van der Waals surface area (Å²) in [6.07, 6.45) is 0. The van der Waals surface area contributed by atoms with Gasteiger partial charge in [-0.25, -0.2) is 8.78 Å². The van der Waals surface area contributed by atoms with E-state index < -0.39 is 17.8 Å². The van der Waals surface area contributed by atoms with Gasteiger partial charge in [0.2, 0.25) is 0 Å². The zero-order valence-electron chi connectivity index (χ0n) is 6.73. The first kappa shape index (κ1) is 11.1. The molecule has 1 fully saturated rings. The van der Waals surface area contributed by atoms with Crippen molar-refractivity contribution in [3.63, 3.8) is 0 Å². The molecule has 1 aliphatic heterocycles. The van der Waals surface area contributed by atoms with Crippen molar-refractivity contribution in [2.75, 3.05) is 13.1 Å². The van der Waals surface area contributed by atoms with Crippen LogP contribution in [0.2, 0.25) is 0 Å². The van der Waals surface area contributed by atoms with E-state index in [0.717, 1.165) is 0 Å². The van der Waals surface area contributed by atoms with Crippen molar-refractivity contribution in [3.05, 3.63) is 0 Å². The highest BCUT2D eigenvalue weighted by Crippen LogP contribution is 2.34. The molecule has 0 aromatic rings. The Bertz CT molecular complexity index is 118. The minimum atomic E-state index is -2.47. The fourth-order valence-corrected chi connectivity index (χ4v) is 1.27. The van der Waals surface area contributed by atoms with Gasteiger partial charge >= 0.3 is 0 Å². The van der Waals surface area contributed by atoms with Crippen LogP contribution < -0.4 is 5.32 Å². The quantitative estimate of drug-likeness (QED) is 0.608. The number of alkyl halides is 2. The number of nitrogens with one attached hydrogen (secondary N) is 1. The molecule has 1 saturated heterocycles. The van der Waals surface area contributed by atoms with Crippen LogP contribution in [0.3, 0.4) is 0 Å². The molecule has 0 spiro atoms. The van der Waals surface area contributed by atoms with Gasteiger partial charge in [-0.3, -0.25) is 0 Å². The van der Waals surface area contributed by atoms with Crippen LogP contribution >= 0.6 is 12.4 Å². The molecule has 0 aromatic heterocycles. The van der Waals surface area contributed by atoms with Crippen molar-refractivity contribution in [3.8, 4) is 0 Å². The van der Waals surface area contributed by atoms with E-state index in [1.54, 1.807) is 13.8 Å². The lowest BCUT2D eigenvalue weighted by Crippen LogP contribution is -2.49. The Morgan fingerprint density at radius 1 is 1.18 bits per heavy atom. The van der Waals surface area contributed by atoms with Crippen LogP contribution in [0, 0.1) is 11.8 Å². The maximum Gasteiger partial charge on any atom is 0.255 e. The van der Waals surface area contributed by atoms with Gasteiger partial charge < -0.3 is 5.32 Å². The smallest absolute Gasteiger partial charge is 0.255 e. The average molecular weight is 186 g/mol. The van der Waals surface area contributed by atoms with E-state index in [4.69, 9.17) is 0 Å². The Kier molecular flexibility index (Phi) is 3.71. The Labute approximate surface area is 72.0 Å². The molecule has 0 radical (unpaired) electrons. The number of halogens is 3. The predicted octanol–water partition coefficient (Wildman–Crippen LogP) is 1.92. The number of piperidine rings is 1. The summed E-state index contributed by atoms with van der Waals surface area (Å²) in [5.74, 6) is -3.50. The molecule has 0 unspecified atom stereocenters. The summed E-state index contributed by atoms with van der Waals surface area (Å²) in [5.41, 5.74) is 0. The minimum absolute atomic E-state index is 0. The van der Waals surface area contributed by atoms with Crippen LogP contribution in [-0.2, 0) is 0 Å². The molecule has 4 heteroatoms. The van der Waals surface area contributed by atoms with Gasteiger partial charge in [-0.1, -0.05) is 13.8 Å². The third kappa shape index (κ3) is 2.03. The van der Waals surface area contributed by atoms with E-state index in [9.17, 15) is 8.78 Å². The van der Waals surface area contributed by atoms with E-state index in [0.29, 0.717) is 13.1 Å². The molecule has 0 aromatic carbocycles. The topological polar surface area (TPSA) is 12.0 Å². The fraction of sp³-hybridized carbons (Fsp3) is 1.00. The molecule has 68 valence electrons. The van der Waals surface area contributed by atoms with Gasteiger partial charge in [-0.15, -0.1) is 12.4 Å². The second kappa shape index (κ2) is 3.68. The number of rotatable bonds is 0. The van der Waals surface area contributed by atoms with Gasteiger partial charge in [-0.05, 0) is 0 Å². The van der Waals surface area contributed by atoms with Crippen molar-refractivity contribution in [1.82, 2.24) is 5.32 Å². The summed E-state index contributed by atoms with van der Waals surface area (Å²) in [5, 5.41) is 2.96. The van der Waals surface area contributed by atoms with Crippen LogP contribution in [0.4, 0.5) is 8.78 Å². The molecule has 1 aliphatic rings. The van der Waals surface area contributed by atoms with Gasteiger partial charge in [0.25, 0.3) is 5.92 Å². The molecule has 1 N–H and O–H groups in total. The lowest BCUT2D eigenvalue weighted by Gasteiger charge is -2.34.